The van der Waals surface area contributed by atoms with E-state index in [1.165, 1.54) is 5.56 Å². The number of methoxy groups -OCH3 is 1. The topological polar surface area (TPSA) is 64.3 Å². The first-order valence-electron chi connectivity index (χ1n) is 7.73. The Bertz CT molecular complexity index is 423. The molecule has 1 rings (SSSR count). The summed E-state index contributed by atoms with van der Waals surface area (Å²) < 4.78 is 5.13. The highest BCUT2D eigenvalue weighted by Gasteiger charge is 2.25. The number of carbonyl (C=O) groups excluding carboxylic acids is 1. The number of hydrogen-bond acceptors (Lipinski definition) is 3. The van der Waals surface area contributed by atoms with Gasteiger partial charge in [-0.05, 0) is 43.4 Å². The van der Waals surface area contributed by atoms with Gasteiger partial charge in [0.25, 0.3) is 0 Å². The third-order valence-electron chi connectivity index (χ3n) is 4.18. The Morgan fingerprint density at radius 1 is 1.23 bits per heavy atom. The van der Waals surface area contributed by atoms with Crippen molar-refractivity contribution in [3.63, 3.8) is 0 Å². The van der Waals surface area contributed by atoms with Crippen molar-refractivity contribution in [2.24, 2.45) is 5.73 Å². The number of carbonyl (C=O) groups is 1. The standard InChI is InChI=1S/C17H28N2O2.ClH/c1-4-17(5-2,13-18)19-16(20)8-6-7-14-9-11-15(21-3)12-10-14;/h9-12H,4-8,13,18H2,1-3H3,(H,19,20);1H. The Hall–Kier alpha value is -1.26. The molecule has 4 nitrogen and oxygen atoms in total. The van der Waals surface area contributed by atoms with Crippen LogP contribution in [-0.2, 0) is 11.2 Å². The minimum Gasteiger partial charge on any atom is -0.497 e. The van der Waals surface area contributed by atoms with Crippen molar-refractivity contribution >= 4 is 18.3 Å². The number of nitrogens with one attached hydrogen (secondary N) is 1. The summed E-state index contributed by atoms with van der Waals surface area (Å²) in [5, 5.41) is 3.10. The second-order valence-corrected chi connectivity index (χ2v) is 5.44. The summed E-state index contributed by atoms with van der Waals surface area (Å²) in [7, 11) is 1.66. The van der Waals surface area contributed by atoms with Crippen LogP contribution in [0, 0.1) is 0 Å². The van der Waals surface area contributed by atoms with E-state index in [0.717, 1.165) is 31.4 Å². The van der Waals surface area contributed by atoms with Crippen LogP contribution in [0.1, 0.15) is 45.1 Å². The van der Waals surface area contributed by atoms with Crippen LogP contribution in [0.25, 0.3) is 0 Å². The van der Waals surface area contributed by atoms with Crippen LogP contribution in [0.3, 0.4) is 0 Å². The fourth-order valence-electron chi connectivity index (χ4n) is 2.37. The van der Waals surface area contributed by atoms with Gasteiger partial charge < -0.3 is 15.8 Å². The van der Waals surface area contributed by atoms with Crippen LogP contribution < -0.4 is 15.8 Å². The molecule has 5 heteroatoms. The van der Waals surface area contributed by atoms with Crippen molar-refractivity contribution < 1.29 is 9.53 Å². The van der Waals surface area contributed by atoms with Gasteiger partial charge in [-0.3, -0.25) is 4.79 Å². The predicted molar refractivity (Wildman–Crippen MR) is 93.7 cm³/mol. The van der Waals surface area contributed by atoms with Gasteiger partial charge in [0.1, 0.15) is 5.75 Å². The largest absolute Gasteiger partial charge is 0.497 e. The highest BCUT2D eigenvalue weighted by Crippen LogP contribution is 2.15. The van der Waals surface area contributed by atoms with Crippen LogP contribution >= 0.6 is 12.4 Å². The van der Waals surface area contributed by atoms with Crippen molar-refractivity contribution in [2.45, 2.75) is 51.5 Å². The highest BCUT2D eigenvalue weighted by molar-refractivity contribution is 5.85. The molecule has 0 unspecified atom stereocenters. The first-order chi connectivity index (χ1) is 10.1. The van der Waals surface area contributed by atoms with Crippen molar-refractivity contribution in [1.29, 1.82) is 0 Å². The van der Waals surface area contributed by atoms with Crippen LogP contribution in [0.2, 0.25) is 0 Å². The van der Waals surface area contributed by atoms with Crippen LogP contribution in [0.15, 0.2) is 24.3 Å². The molecule has 126 valence electrons. The fourth-order valence-corrected chi connectivity index (χ4v) is 2.37. The van der Waals surface area contributed by atoms with Gasteiger partial charge >= 0.3 is 0 Å². The monoisotopic (exact) mass is 328 g/mol. The van der Waals surface area contributed by atoms with Gasteiger partial charge in [0.05, 0.1) is 12.6 Å². The molecule has 0 aliphatic heterocycles. The number of ether oxygens (including phenoxy) is 1. The number of amides is 1. The molecule has 0 heterocycles. The van der Waals surface area contributed by atoms with Crippen LogP contribution in [0.5, 0.6) is 5.75 Å². The molecule has 0 aliphatic rings. The van der Waals surface area contributed by atoms with Crippen molar-refractivity contribution in [2.75, 3.05) is 13.7 Å². The Kier molecular flexibility index (Phi) is 9.86. The Labute approximate surface area is 140 Å². The van der Waals surface area contributed by atoms with E-state index in [-0.39, 0.29) is 23.9 Å². The predicted octanol–water partition coefficient (Wildman–Crippen LogP) is 3.07. The summed E-state index contributed by atoms with van der Waals surface area (Å²) in [6, 6.07) is 7.98. The summed E-state index contributed by atoms with van der Waals surface area (Å²) in [6.45, 7) is 4.62. The first kappa shape index (κ1) is 20.7. The van der Waals surface area contributed by atoms with Crippen LogP contribution in [0.4, 0.5) is 0 Å². The number of hydrogen-bond donors (Lipinski definition) is 2. The maximum Gasteiger partial charge on any atom is 0.220 e. The summed E-state index contributed by atoms with van der Waals surface area (Å²) >= 11 is 0. The molecule has 0 saturated heterocycles. The van der Waals surface area contributed by atoms with Crippen LogP contribution in [-0.4, -0.2) is 25.1 Å². The van der Waals surface area contributed by atoms with Gasteiger partial charge in [-0.2, -0.15) is 0 Å². The lowest BCUT2D eigenvalue weighted by Gasteiger charge is -2.31. The van der Waals surface area contributed by atoms with E-state index in [9.17, 15) is 4.79 Å². The molecular formula is C17H29ClN2O2. The molecule has 0 atom stereocenters. The molecule has 0 aromatic heterocycles. The minimum atomic E-state index is -0.239. The van der Waals surface area contributed by atoms with E-state index in [2.05, 4.69) is 19.2 Å². The first-order valence-corrected chi connectivity index (χ1v) is 7.73. The number of rotatable bonds is 9. The van der Waals surface area contributed by atoms with Gasteiger partial charge in [0.15, 0.2) is 0 Å². The zero-order chi connectivity index (χ0) is 15.7. The lowest BCUT2D eigenvalue weighted by Crippen LogP contribution is -2.52. The van der Waals surface area contributed by atoms with Crippen molar-refractivity contribution in [1.82, 2.24) is 5.32 Å². The Morgan fingerprint density at radius 2 is 1.82 bits per heavy atom. The molecule has 0 bridgehead atoms. The average Bonchev–Trinajstić information content (AvgIpc) is 2.53. The number of aryl methyl sites for hydroxylation is 1. The summed E-state index contributed by atoms with van der Waals surface area (Å²) in [5.41, 5.74) is 6.78. The molecule has 1 amide bonds. The lowest BCUT2D eigenvalue weighted by atomic mass is 9.92. The molecule has 3 N–H and O–H groups in total. The smallest absolute Gasteiger partial charge is 0.220 e. The summed E-state index contributed by atoms with van der Waals surface area (Å²) in [4.78, 5) is 12.0. The second-order valence-electron chi connectivity index (χ2n) is 5.44. The van der Waals surface area contributed by atoms with E-state index in [4.69, 9.17) is 10.5 Å². The molecular weight excluding hydrogens is 300 g/mol. The molecule has 0 spiro atoms. The van der Waals surface area contributed by atoms with E-state index in [1.807, 2.05) is 24.3 Å². The van der Waals surface area contributed by atoms with Gasteiger partial charge in [-0.15, -0.1) is 12.4 Å². The Morgan fingerprint density at radius 3 is 2.27 bits per heavy atom. The van der Waals surface area contributed by atoms with E-state index in [0.29, 0.717) is 13.0 Å². The molecule has 0 radical (unpaired) electrons. The van der Waals surface area contributed by atoms with Crippen molar-refractivity contribution in [3.05, 3.63) is 29.8 Å². The maximum absolute atomic E-state index is 12.0. The quantitative estimate of drug-likeness (QED) is 0.732. The number of halogens is 1. The second kappa shape index (κ2) is 10.5. The maximum atomic E-state index is 12.0. The zero-order valence-corrected chi connectivity index (χ0v) is 14.7. The summed E-state index contributed by atoms with van der Waals surface area (Å²) in [6.07, 6.45) is 4.00. The molecule has 0 fully saturated rings. The van der Waals surface area contributed by atoms with Gasteiger partial charge in [-0.1, -0.05) is 26.0 Å². The van der Waals surface area contributed by atoms with Gasteiger partial charge in [-0.25, -0.2) is 0 Å². The number of nitrogens with two attached hydrogens (primary N) is 1. The third kappa shape index (κ3) is 6.24. The molecule has 0 aliphatic carbocycles. The normalized spacial score (nSPS) is 10.7. The lowest BCUT2D eigenvalue weighted by molar-refractivity contribution is -0.123. The zero-order valence-electron chi connectivity index (χ0n) is 13.9. The minimum absolute atomic E-state index is 0. The third-order valence-corrected chi connectivity index (χ3v) is 4.18. The summed E-state index contributed by atoms with van der Waals surface area (Å²) in [5.74, 6) is 0.952. The van der Waals surface area contributed by atoms with E-state index >= 15 is 0 Å². The molecule has 0 saturated carbocycles. The fraction of sp³-hybridized carbons (Fsp3) is 0.588. The SMILES string of the molecule is CCC(CC)(CN)NC(=O)CCCc1ccc(OC)cc1.Cl. The van der Waals surface area contributed by atoms with E-state index in [1.54, 1.807) is 7.11 Å². The van der Waals surface area contributed by atoms with Gasteiger partial charge in [0.2, 0.25) is 5.91 Å². The molecule has 22 heavy (non-hydrogen) atoms. The number of benzene rings is 1. The van der Waals surface area contributed by atoms with Crippen molar-refractivity contribution in [3.8, 4) is 5.75 Å². The Balaban J connectivity index is 0.00000441. The average molecular weight is 329 g/mol. The van der Waals surface area contributed by atoms with Gasteiger partial charge in [0, 0.05) is 13.0 Å². The molecule has 1 aromatic rings. The molecule has 1 aromatic carbocycles. The van der Waals surface area contributed by atoms with E-state index < -0.39 is 0 Å². The highest BCUT2D eigenvalue weighted by atomic mass is 35.5.